The van der Waals surface area contributed by atoms with E-state index < -0.39 is 0 Å². The summed E-state index contributed by atoms with van der Waals surface area (Å²) in [5.74, 6) is 0. The number of rotatable bonds is 5. The average molecular weight is 297 g/mol. The van der Waals surface area contributed by atoms with E-state index >= 15 is 0 Å². The second-order valence-electron chi connectivity index (χ2n) is 5.60. The Morgan fingerprint density at radius 2 is 1.86 bits per heavy atom. The van der Waals surface area contributed by atoms with Crippen LogP contribution in [0.15, 0.2) is 53.4 Å². The molecule has 21 heavy (non-hydrogen) atoms. The molecule has 1 heterocycles. The first kappa shape index (κ1) is 14.7. The maximum absolute atomic E-state index is 3.69. The van der Waals surface area contributed by atoms with E-state index in [1.54, 1.807) is 0 Å². The van der Waals surface area contributed by atoms with Gasteiger partial charge in [-0.3, -0.25) is 0 Å². The van der Waals surface area contributed by atoms with Crippen LogP contribution in [0.25, 0.3) is 0 Å². The molecule has 2 aromatic rings. The van der Waals surface area contributed by atoms with Gasteiger partial charge in [-0.25, -0.2) is 0 Å². The maximum Gasteiger partial charge on any atom is 0.0447 e. The Labute approximate surface area is 132 Å². The van der Waals surface area contributed by atoms with E-state index in [0.29, 0.717) is 11.3 Å². The number of hydrogen-bond acceptors (Lipinski definition) is 2. The smallest absolute Gasteiger partial charge is 0.0447 e. The largest absolute Gasteiger partial charge is 0.309 e. The van der Waals surface area contributed by atoms with Crippen LogP contribution in [0.1, 0.15) is 36.6 Å². The fraction of sp³-hybridized carbons (Fsp3) is 0.368. The van der Waals surface area contributed by atoms with Crippen molar-refractivity contribution in [2.45, 2.75) is 42.9 Å². The fourth-order valence-electron chi connectivity index (χ4n) is 3.04. The minimum absolute atomic E-state index is 0.429. The highest BCUT2D eigenvalue weighted by atomic mass is 32.2. The highest BCUT2D eigenvalue weighted by molar-refractivity contribution is 8.00. The minimum Gasteiger partial charge on any atom is -0.309 e. The third kappa shape index (κ3) is 3.17. The quantitative estimate of drug-likeness (QED) is 0.864. The molecule has 2 aromatic carbocycles. The maximum atomic E-state index is 3.69. The van der Waals surface area contributed by atoms with Gasteiger partial charge in [0.25, 0.3) is 0 Å². The molecule has 0 fully saturated rings. The van der Waals surface area contributed by atoms with Gasteiger partial charge in [0.2, 0.25) is 0 Å². The number of thioether (sulfide) groups is 1. The van der Waals surface area contributed by atoms with Gasteiger partial charge in [-0.15, -0.1) is 11.8 Å². The van der Waals surface area contributed by atoms with Crippen molar-refractivity contribution in [3.05, 3.63) is 65.2 Å². The lowest BCUT2D eigenvalue weighted by Crippen LogP contribution is -2.30. The summed E-state index contributed by atoms with van der Waals surface area (Å²) in [6.07, 6.45) is 2.27. The number of hydrogen-bond donors (Lipinski definition) is 1. The molecule has 0 radical (unpaired) electrons. The summed E-state index contributed by atoms with van der Waals surface area (Å²) in [5, 5.41) is 4.28. The SMILES string of the molecule is CCNC(c1ccc(CC)cc1)C1Cc2ccccc2S1. The van der Waals surface area contributed by atoms with Gasteiger partial charge in [-0.2, -0.15) is 0 Å². The summed E-state index contributed by atoms with van der Waals surface area (Å²) in [6.45, 7) is 5.41. The minimum atomic E-state index is 0.429. The van der Waals surface area contributed by atoms with Crippen molar-refractivity contribution in [1.29, 1.82) is 0 Å². The van der Waals surface area contributed by atoms with Crippen molar-refractivity contribution < 1.29 is 0 Å². The van der Waals surface area contributed by atoms with Crippen molar-refractivity contribution >= 4 is 11.8 Å². The van der Waals surface area contributed by atoms with Gasteiger partial charge in [0, 0.05) is 16.2 Å². The first-order chi connectivity index (χ1) is 10.3. The number of fused-ring (bicyclic) bond motifs is 1. The third-order valence-electron chi connectivity index (χ3n) is 4.21. The third-order valence-corrected chi connectivity index (χ3v) is 5.61. The van der Waals surface area contributed by atoms with Crippen molar-refractivity contribution in [1.82, 2.24) is 5.32 Å². The van der Waals surface area contributed by atoms with Crippen molar-refractivity contribution in [3.8, 4) is 0 Å². The van der Waals surface area contributed by atoms with Gasteiger partial charge < -0.3 is 5.32 Å². The summed E-state index contributed by atoms with van der Waals surface area (Å²) in [5.41, 5.74) is 4.33. The Balaban J connectivity index is 1.82. The molecule has 0 amide bonds. The lowest BCUT2D eigenvalue weighted by Gasteiger charge is -2.24. The standard InChI is InChI=1S/C19H23NS/c1-3-14-9-11-15(12-10-14)19(20-4-2)18-13-16-7-5-6-8-17(16)21-18/h5-12,18-20H,3-4,13H2,1-2H3. The summed E-state index contributed by atoms with van der Waals surface area (Å²) < 4.78 is 0. The second-order valence-corrected chi connectivity index (χ2v) is 6.88. The Bertz CT molecular complexity index is 566. The number of benzene rings is 2. The summed E-state index contributed by atoms with van der Waals surface area (Å²) >= 11 is 2.03. The molecule has 1 aliphatic rings. The van der Waals surface area contributed by atoms with Crippen LogP contribution in [0.2, 0.25) is 0 Å². The average Bonchev–Trinajstić information content (AvgIpc) is 2.96. The van der Waals surface area contributed by atoms with E-state index in [2.05, 4.69) is 67.7 Å². The van der Waals surface area contributed by atoms with Gasteiger partial charge in [0.1, 0.15) is 0 Å². The molecular formula is C19H23NS. The lowest BCUT2D eigenvalue weighted by molar-refractivity contribution is 0.531. The van der Waals surface area contributed by atoms with E-state index in [4.69, 9.17) is 0 Å². The van der Waals surface area contributed by atoms with E-state index in [9.17, 15) is 0 Å². The zero-order valence-corrected chi connectivity index (χ0v) is 13.6. The molecule has 110 valence electrons. The van der Waals surface area contributed by atoms with Gasteiger partial charge in [-0.05, 0) is 42.1 Å². The summed E-state index contributed by atoms with van der Waals surface area (Å²) in [6, 6.07) is 18.4. The highest BCUT2D eigenvalue weighted by Gasteiger charge is 2.29. The van der Waals surface area contributed by atoms with Crippen LogP contribution in [0.4, 0.5) is 0 Å². The fourth-order valence-corrected chi connectivity index (χ4v) is 4.48. The lowest BCUT2D eigenvalue weighted by atomic mass is 9.97. The molecule has 0 saturated heterocycles. The Morgan fingerprint density at radius 1 is 1.10 bits per heavy atom. The normalized spacial score (nSPS) is 18.5. The molecule has 2 heteroatoms. The molecule has 1 N–H and O–H groups in total. The monoisotopic (exact) mass is 297 g/mol. The topological polar surface area (TPSA) is 12.0 Å². The summed E-state index contributed by atoms with van der Waals surface area (Å²) in [4.78, 5) is 1.45. The van der Waals surface area contributed by atoms with Gasteiger partial charge >= 0.3 is 0 Å². The number of nitrogens with one attached hydrogen (secondary N) is 1. The van der Waals surface area contributed by atoms with E-state index in [-0.39, 0.29) is 0 Å². The van der Waals surface area contributed by atoms with Gasteiger partial charge in [0.05, 0.1) is 0 Å². The molecule has 0 aromatic heterocycles. The predicted molar refractivity (Wildman–Crippen MR) is 92.0 cm³/mol. The predicted octanol–water partition coefficient (Wildman–Crippen LogP) is 4.62. The summed E-state index contributed by atoms with van der Waals surface area (Å²) in [7, 11) is 0. The Hall–Kier alpha value is -1.25. The van der Waals surface area contributed by atoms with Crippen molar-refractivity contribution in [2.75, 3.05) is 6.54 Å². The molecule has 2 atom stereocenters. The molecule has 3 rings (SSSR count). The zero-order valence-electron chi connectivity index (χ0n) is 12.8. The first-order valence-corrected chi connectivity index (χ1v) is 8.76. The molecule has 0 aliphatic carbocycles. The van der Waals surface area contributed by atoms with Gasteiger partial charge in [0.15, 0.2) is 0 Å². The van der Waals surface area contributed by atoms with Gasteiger partial charge in [-0.1, -0.05) is 56.3 Å². The van der Waals surface area contributed by atoms with Crippen LogP contribution in [0, 0.1) is 0 Å². The van der Waals surface area contributed by atoms with Crippen LogP contribution in [-0.4, -0.2) is 11.8 Å². The highest BCUT2D eigenvalue weighted by Crippen LogP contribution is 2.42. The second kappa shape index (κ2) is 6.67. The molecule has 1 nitrogen and oxygen atoms in total. The van der Waals surface area contributed by atoms with Crippen molar-refractivity contribution in [3.63, 3.8) is 0 Å². The van der Waals surface area contributed by atoms with Crippen LogP contribution >= 0.6 is 11.8 Å². The van der Waals surface area contributed by atoms with E-state index in [0.717, 1.165) is 19.4 Å². The first-order valence-electron chi connectivity index (χ1n) is 7.88. The van der Waals surface area contributed by atoms with Crippen molar-refractivity contribution in [2.24, 2.45) is 0 Å². The Kier molecular flexibility index (Phi) is 4.67. The zero-order chi connectivity index (χ0) is 14.7. The van der Waals surface area contributed by atoms with E-state index in [1.165, 1.54) is 21.6 Å². The molecule has 1 aliphatic heterocycles. The Morgan fingerprint density at radius 3 is 2.52 bits per heavy atom. The van der Waals surface area contributed by atoms with Crippen LogP contribution in [0.5, 0.6) is 0 Å². The molecule has 0 saturated carbocycles. The van der Waals surface area contributed by atoms with Crippen LogP contribution in [0.3, 0.4) is 0 Å². The van der Waals surface area contributed by atoms with Crippen LogP contribution < -0.4 is 5.32 Å². The molecule has 0 spiro atoms. The van der Waals surface area contributed by atoms with E-state index in [1.807, 2.05) is 11.8 Å². The molecule has 0 bridgehead atoms. The number of aryl methyl sites for hydroxylation is 1. The van der Waals surface area contributed by atoms with Crippen LogP contribution in [-0.2, 0) is 12.8 Å². The molecular weight excluding hydrogens is 274 g/mol. The molecule has 2 unspecified atom stereocenters.